The lowest BCUT2D eigenvalue weighted by atomic mass is 10.1. The van der Waals surface area contributed by atoms with Crippen molar-refractivity contribution in [3.63, 3.8) is 0 Å². The summed E-state index contributed by atoms with van der Waals surface area (Å²) in [6.45, 7) is 3.30. The minimum absolute atomic E-state index is 0.000972. The summed E-state index contributed by atoms with van der Waals surface area (Å²) < 4.78 is 5.06. The second-order valence-corrected chi connectivity index (χ2v) is 5.14. The second kappa shape index (κ2) is 7.78. The van der Waals surface area contributed by atoms with Gasteiger partial charge in [-0.05, 0) is 37.2 Å². The maximum atomic E-state index is 12.1. The van der Waals surface area contributed by atoms with Crippen LogP contribution >= 0.6 is 0 Å². The highest BCUT2D eigenvalue weighted by Gasteiger charge is 2.16. The van der Waals surface area contributed by atoms with E-state index in [0.717, 1.165) is 38.3 Å². The molecule has 0 spiro atoms. The molecule has 1 aliphatic heterocycles. The number of nitrogens with one attached hydrogen (secondary N) is 1. The van der Waals surface area contributed by atoms with Crippen molar-refractivity contribution in [2.75, 3.05) is 33.3 Å². The largest absolute Gasteiger partial charge is 0.497 e. The molecular formula is C16H22N2O3. The van der Waals surface area contributed by atoms with Gasteiger partial charge >= 0.3 is 0 Å². The van der Waals surface area contributed by atoms with Crippen molar-refractivity contribution in [3.05, 3.63) is 29.8 Å². The molecule has 0 aromatic heterocycles. The van der Waals surface area contributed by atoms with E-state index in [1.165, 1.54) is 0 Å². The number of amides is 1. The van der Waals surface area contributed by atoms with Crippen molar-refractivity contribution in [1.29, 1.82) is 0 Å². The third kappa shape index (κ3) is 4.56. The summed E-state index contributed by atoms with van der Waals surface area (Å²) in [6.07, 6.45) is 1.51. The van der Waals surface area contributed by atoms with Crippen LogP contribution < -0.4 is 10.1 Å². The molecule has 114 valence electrons. The van der Waals surface area contributed by atoms with Crippen LogP contribution in [0, 0.1) is 0 Å². The molecule has 1 aliphatic rings. The first-order chi connectivity index (χ1) is 10.2. The molecule has 0 bridgehead atoms. The third-order valence-electron chi connectivity index (χ3n) is 3.67. The van der Waals surface area contributed by atoms with E-state index < -0.39 is 0 Å². The lowest BCUT2D eigenvalue weighted by molar-refractivity contribution is -0.130. The van der Waals surface area contributed by atoms with Gasteiger partial charge in [0.05, 0.1) is 7.11 Å². The first kappa shape index (κ1) is 15.5. The van der Waals surface area contributed by atoms with Crippen LogP contribution in [0.3, 0.4) is 0 Å². The quantitative estimate of drug-likeness (QED) is 0.835. The monoisotopic (exact) mass is 290 g/mol. The van der Waals surface area contributed by atoms with Crippen LogP contribution in [0.25, 0.3) is 0 Å². The number of benzene rings is 1. The number of carbonyl (C=O) groups excluding carboxylic acids is 2. The Labute approximate surface area is 125 Å². The Morgan fingerprint density at radius 2 is 1.90 bits per heavy atom. The van der Waals surface area contributed by atoms with Crippen LogP contribution in [-0.4, -0.2) is 49.9 Å². The number of methoxy groups -OCH3 is 1. The first-order valence-corrected chi connectivity index (χ1v) is 7.36. The van der Waals surface area contributed by atoms with Gasteiger partial charge in [-0.25, -0.2) is 0 Å². The Morgan fingerprint density at radius 3 is 2.62 bits per heavy atom. The third-order valence-corrected chi connectivity index (χ3v) is 3.67. The molecule has 0 saturated carbocycles. The maximum Gasteiger partial charge on any atom is 0.223 e. The lowest BCUT2D eigenvalue weighted by Crippen LogP contribution is -2.34. The number of hydrogen-bond donors (Lipinski definition) is 1. The lowest BCUT2D eigenvalue weighted by Gasteiger charge is -2.19. The van der Waals surface area contributed by atoms with Crippen molar-refractivity contribution in [1.82, 2.24) is 10.2 Å². The number of carbonyl (C=O) groups is 2. The minimum atomic E-state index is -0.000972. The molecule has 1 heterocycles. The van der Waals surface area contributed by atoms with Crippen LogP contribution in [0.15, 0.2) is 24.3 Å². The van der Waals surface area contributed by atoms with E-state index in [1.807, 2.05) is 4.90 Å². The summed E-state index contributed by atoms with van der Waals surface area (Å²) in [6, 6.07) is 6.99. The first-order valence-electron chi connectivity index (χ1n) is 7.36. The molecule has 5 nitrogen and oxygen atoms in total. The summed E-state index contributed by atoms with van der Waals surface area (Å²) in [5.74, 6) is 0.791. The number of Topliss-reactive ketones (excluding diaryl/α,β-unsaturated/α-hetero) is 1. The van der Waals surface area contributed by atoms with Gasteiger partial charge in [-0.1, -0.05) is 0 Å². The molecule has 1 amide bonds. The van der Waals surface area contributed by atoms with Gasteiger partial charge in [-0.2, -0.15) is 0 Å². The number of rotatable bonds is 5. The second-order valence-electron chi connectivity index (χ2n) is 5.14. The normalized spacial score (nSPS) is 15.4. The highest BCUT2D eigenvalue weighted by atomic mass is 16.5. The summed E-state index contributed by atoms with van der Waals surface area (Å²) in [5, 5.41) is 3.26. The molecule has 0 aliphatic carbocycles. The average molecular weight is 290 g/mol. The van der Waals surface area contributed by atoms with Crippen LogP contribution in [0.2, 0.25) is 0 Å². The Bertz CT molecular complexity index is 477. The van der Waals surface area contributed by atoms with Gasteiger partial charge in [-0.15, -0.1) is 0 Å². The Hall–Kier alpha value is -1.88. The number of nitrogens with zero attached hydrogens (tertiary/aromatic N) is 1. The summed E-state index contributed by atoms with van der Waals surface area (Å²) >= 11 is 0. The van der Waals surface area contributed by atoms with Gasteiger partial charge in [0.1, 0.15) is 5.75 Å². The van der Waals surface area contributed by atoms with Gasteiger partial charge in [-0.3, -0.25) is 9.59 Å². The molecule has 5 heteroatoms. The molecule has 2 rings (SSSR count). The highest BCUT2D eigenvalue weighted by molar-refractivity contribution is 5.98. The van der Waals surface area contributed by atoms with Gasteiger partial charge < -0.3 is 15.0 Å². The molecule has 1 aromatic rings. The average Bonchev–Trinajstić information content (AvgIpc) is 2.81. The molecular weight excluding hydrogens is 268 g/mol. The molecule has 0 radical (unpaired) electrons. The summed E-state index contributed by atoms with van der Waals surface area (Å²) in [7, 11) is 1.59. The van der Waals surface area contributed by atoms with E-state index in [4.69, 9.17) is 4.74 Å². The highest BCUT2D eigenvalue weighted by Crippen LogP contribution is 2.14. The molecule has 0 atom stereocenters. The zero-order chi connectivity index (χ0) is 15.1. The van der Waals surface area contributed by atoms with Gasteiger partial charge in [0.25, 0.3) is 0 Å². The van der Waals surface area contributed by atoms with Gasteiger partial charge in [0, 0.05) is 38.0 Å². The standard InChI is InChI=1S/C16H22N2O3/c1-21-14-5-3-13(4-6-14)15(19)7-8-16(20)18-11-2-9-17-10-12-18/h3-6,17H,2,7-12H2,1H3. The Balaban J connectivity index is 1.83. The minimum Gasteiger partial charge on any atom is -0.497 e. The molecule has 1 aromatic carbocycles. The maximum absolute atomic E-state index is 12.1. The fraction of sp³-hybridized carbons (Fsp3) is 0.500. The molecule has 1 saturated heterocycles. The van der Waals surface area contributed by atoms with E-state index in [9.17, 15) is 9.59 Å². The van der Waals surface area contributed by atoms with Crippen molar-refractivity contribution >= 4 is 11.7 Å². The SMILES string of the molecule is COc1ccc(C(=O)CCC(=O)N2CCCNCC2)cc1. The van der Waals surface area contributed by atoms with Crippen LogP contribution in [0.4, 0.5) is 0 Å². The van der Waals surface area contributed by atoms with E-state index in [0.29, 0.717) is 5.56 Å². The van der Waals surface area contributed by atoms with E-state index in [2.05, 4.69) is 5.32 Å². The fourth-order valence-corrected chi connectivity index (χ4v) is 2.39. The molecule has 0 unspecified atom stereocenters. The van der Waals surface area contributed by atoms with Crippen molar-refractivity contribution in [2.24, 2.45) is 0 Å². The van der Waals surface area contributed by atoms with Crippen LogP contribution in [0.1, 0.15) is 29.6 Å². The van der Waals surface area contributed by atoms with E-state index in [1.54, 1.807) is 31.4 Å². The zero-order valence-corrected chi connectivity index (χ0v) is 12.4. The molecule has 1 N–H and O–H groups in total. The molecule has 1 fully saturated rings. The van der Waals surface area contributed by atoms with Gasteiger partial charge in [0.15, 0.2) is 5.78 Å². The smallest absolute Gasteiger partial charge is 0.223 e. The number of ether oxygens (including phenoxy) is 1. The van der Waals surface area contributed by atoms with E-state index in [-0.39, 0.29) is 24.5 Å². The number of hydrogen-bond acceptors (Lipinski definition) is 4. The van der Waals surface area contributed by atoms with Crippen LogP contribution in [-0.2, 0) is 4.79 Å². The summed E-state index contributed by atoms with van der Waals surface area (Å²) in [5.41, 5.74) is 0.626. The number of ketones is 1. The predicted octanol–water partition coefficient (Wildman–Crippen LogP) is 1.48. The Kier molecular flexibility index (Phi) is 5.75. The topological polar surface area (TPSA) is 58.6 Å². The van der Waals surface area contributed by atoms with Crippen molar-refractivity contribution in [3.8, 4) is 5.75 Å². The van der Waals surface area contributed by atoms with Crippen molar-refractivity contribution < 1.29 is 14.3 Å². The predicted molar refractivity (Wildman–Crippen MR) is 80.6 cm³/mol. The van der Waals surface area contributed by atoms with Crippen molar-refractivity contribution in [2.45, 2.75) is 19.3 Å². The zero-order valence-electron chi connectivity index (χ0n) is 12.4. The van der Waals surface area contributed by atoms with Crippen LogP contribution in [0.5, 0.6) is 5.75 Å². The Morgan fingerprint density at radius 1 is 1.14 bits per heavy atom. The molecule has 21 heavy (non-hydrogen) atoms. The fourth-order valence-electron chi connectivity index (χ4n) is 2.39. The van der Waals surface area contributed by atoms with Gasteiger partial charge in [0.2, 0.25) is 5.91 Å². The van der Waals surface area contributed by atoms with E-state index >= 15 is 0 Å². The summed E-state index contributed by atoms with van der Waals surface area (Å²) in [4.78, 5) is 26.0.